The summed E-state index contributed by atoms with van der Waals surface area (Å²) in [6.07, 6.45) is 2.64. The summed E-state index contributed by atoms with van der Waals surface area (Å²) in [6.45, 7) is 7.55. The van der Waals surface area contributed by atoms with E-state index in [0.29, 0.717) is 24.1 Å². The van der Waals surface area contributed by atoms with Gasteiger partial charge in [0.15, 0.2) is 0 Å². The minimum absolute atomic E-state index is 0.0258. The van der Waals surface area contributed by atoms with Gasteiger partial charge in [-0.05, 0) is 74.4 Å². The monoisotopic (exact) mass is 485 g/mol. The van der Waals surface area contributed by atoms with Gasteiger partial charge >= 0.3 is 0 Å². The van der Waals surface area contributed by atoms with Gasteiger partial charge in [-0.25, -0.2) is 14.4 Å². The average molecular weight is 486 g/mol. The highest BCUT2D eigenvalue weighted by molar-refractivity contribution is 8.04. The molecule has 180 valence electrons. The van der Waals surface area contributed by atoms with Crippen molar-refractivity contribution in [3.05, 3.63) is 52.7 Å². The molecule has 0 aromatic carbocycles. The fraction of sp³-hybridized carbons (Fsp3) is 0.435. The molecule has 1 saturated heterocycles. The number of aromatic nitrogens is 2. The Kier molecular flexibility index (Phi) is 5.78. The number of halogens is 1. The van der Waals surface area contributed by atoms with Crippen LogP contribution in [0, 0.1) is 24.1 Å². The number of carbonyl (C=O) groups excluding carboxylic acids is 1. The van der Waals surface area contributed by atoms with Crippen LogP contribution in [0.1, 0.15) is 60.9 Å². The molecule has 2 aliphatic heterocycles. The topological polar surface area (TPSA) is 146 Å². The van der Waals surface area contributed by atoms with Gasteiger partial charge in [0.25, 0.3) is 5.91 Å². The minimum Gasteiger partial charge on any atom is -0.386 e. The van der Waals surface area contributed by atoms with Crippen LogP contribution >= 0.6 is 0 Å². The summed E-state index contributed by atoms with van der Waals surface area (Å²) in [6, 6.07) is 6.08. The number of nitriles is 1. The van der Waals surface area contributed by atoms with E-state index in [1.54, 1.807) is 33.8 Å². The van der Waals surface area contributed by atoms with Crippen molar-refractivity contribution in [2.45, 2.75) is 56.1 Å². The zero-order valence-corrected chi connectivity index (χ0v) is 20.4. The van der Waals surface area contributed by atoms with E-state index in [4.69, 9.17) is 11.0 Å². The molecule has 4 N–H and O–H groups in total. The maximum absolute atomic E-state index is 15.2. The Morgan fingerprint density at radius 2 is 2.12 bits per heavy atom. The summed E-state index contributed by atoms with van der Waals surface area (Å²) in [5.41, 5.74) is 5.97. The van der Waals surface area contributed by atoms with Crippen LogP contribution in [-0.4, -0.2) is 42.5 Å². The second-order valence-corrected chi connectivity index (χ2v) is 12.8. The molecule has 4 rings (SSSR count). The van der Waals surface area contributed by atoms with E-state index >= 15 is 4.39 Å². The van der Waals surface area contributed by atoms with Crippen molar-refractivity contribution >= 4 is 27.7 Å². The molecule has 0 saturated carbocycles. The van der Waals surface area contributed by atoms with Gasteiger partial charge in [-0.15, -0.1) is 0 Å². The molecule has 0 unspecified atom stereocenters. The van der Waals surface area contributed by atoms with E-state index in [0.717, 1.165) is 6.42 Å². The number of pyridine rings is 2. The summed E-state index contributed by atoms with van der Waals surface area (Å²) < 4.78 is 31.7. The standard InChI is InChI=1S/C23H28FN7O2S/c1-13-10-14(11-25)12-27-18(13)20(32)30-17-8-7-15(24)19(29-17)23(4)16-6-5-9-28-34(16,33)22(2,3)21(26)31-23/h7-8,10,12,16,34H,5-6,9H2,1-4H3,(H2,26,31)(H,28,33)(H,29,30,32)/t16-,23+/m1/s1. The second-order valence-electron chi connectivity index (χ2n) is 9.41. The molecule has 0 spiro atoms. The maximum atomic E-state index is 15.2. The number of nitrogens with one attached hydrogen (secondary N) is 2. The molecule has 11 heteroatoms. The number of thiol groups is 1. The number of carbonyl (C=O) groups is 1. The Morgan fingerprint density at radius 3 is 2.79 bits per heavy atom. The third kappa shape index (κ3) is 3.58. The molecule has 4 heterocycles. The Bertz CT molecular complexity index is 1300. The first kappa shape index (κ1) is 23.9. The van der Waals surface area contributed by atoms with Crippen molar-refractivity contribution in [1.82, 2.24) is 14.7 Å². The molecule has 34 heavy (non-hydrogen) atoms. The Balaban J connectivity index is 1.75. The first-order valence-electron chi connectivity index (χ1n) is 11.0. The first-order chi connectivity index (χ1) is 15.9. The van der Waals surface area contributed by atoms with Crippen molar-refractivity contribution in [3.8, 4) is 6.07 Å². The van der Waals surface area contributed by atoms with E-state index in [1.807, 2.05) is 6.07 Å². The third-order valence-electron chi connectivity index (χ3n) is 6.89. The molecule has 0 radical (unpaired) electrons. The summed E-state index contributed by atoms with van der Waals surface area (Å²) in [5.74, 6) is -0.890. The normalized spacial score (nSPS) is 25.9. The Hall–Kier alpha value is -3.23. The van der Waals surface area contributed by atoms with Gasteiger partial charge in [-0.3, -0.25) is 18.7 Å². The first-order valence-corrected chi connectivity index (χ1v) is 12.8. The smallest absolute Gasteiger partial charge is 0.275 e. The minimum atomic E-state index is -3.12. The molecule has 1 amide bonds. The second kappa shape index (κ2) is 8.21. The third-order valence-corrected chi connectivity index (χ3v) is 11.1. The van der Waals surface area contributed by atoms with Crippen LogP contribution in [-0.2, 0) is 15.7 Å². The fourth-order valence-corrected chi connectivity index (χ4v) is 8.52. The van der Waals surface area contributed by atoms with Gasteiger partial charge < -0.3 is 11.1 Å². The molecular formula is C23H28FN7O2S. The molecule has 2 aromatic rings. The highest BCUT2D eigenvalue weighted by Crippen LogP contribution is 2.48. The summed E-state index contributed by atoms with van der Waals surface area (Å²) in [4.78, 5) is 25.9. The number of aliphatic imine (C=N–C) groups is 1. The molecule has 2 aliphatic rings. The number of nitrogens with zero attached hydrogens (tertiary/aromatic N) is 4. The van der Waals surface area contributed by atoms with Crippen molar-refractivity contribution in [1.29, 1.82) is 5.26 Å². The van der Waals surface area contributed by atoms with Gasteiger partial charge in [0, 0.05) is 12.7 Å². The summed E-state index contributed by atoms with van der Waals surface area (Å²) in [5, 5.41) is 11.1. The van der Waals surface area contributed by atoms with Gasteiger partial charge in [-0.2, -0.15) is 5.26 Å². The van der Waals surface area contributed by atoms with Crippen LogP contribution in [0.3, 0.4) is 0 Å². The number of rotatable bonds is 3. The van der Waals surface area contributed by atoms with Gasteiger partial charge in [-0.1, -0.05) is 0 Å². The summed E-state index contributed by atoms with van der Waals surface area (Å²) >= 11 is 0. The molecule has 0 bridgehead atoms. The molecule has 2 aromatic heterocycles. The predicted octanol–water partition coefficient (Wildman–Crippen LogP) is 2.10. The molecular weight excluding hydrogens is 457 g/mol. The lowest BCUT2D eigenvalue weighted by molar-refractivity contribution is 0.102. The lowest BCUT2D eigenvalue weighted by atomic mass is 9.89. The van der Waals surface area contributed by atoms with Crippen LogP contribution in [0.2, 0.25) is 0 Å². The average Bonchev–Trinajstić information content (AvgIpc) is 2.79. The van der Waals surface area contributed by atoms with Crippen LogP contribution in [0.5, 0.6) is 0 Å². The molecule has 9 nitrogen and oxygen atoms in total. The van der Waals surface area contributed by atoms with Crippen molar-refractivity contribution in [2.75, 3.05) is 11.9 Å². The number of nitrogens with two attached hydrogens (primary N) is 1. The molecule has 2 atom stereocenters. The number of hydrogen-bond acceptors (Lipinski definition) is 7. The van der Waals surface area contributed by atoms with Crippen LogP contribution in [0.25, 0.3) is 0 Å². The number of hydrogen-bond donors (Lipinski definition) is 4. The maximum Gasteiger partial charge on any atom is 0.275 e. The number of aryl methyl sites for hydroxylation is 1. The number of fused-ring (bicyclic) bond motifs is 1. The van der Waals surface area contributed by atoms with E-state index < -0.39 is 37.4 Å². The van der Waals surface area contributed by atoms with Crippen LogP contribution in [0.4, 0.5) is 10.2 Å². The lowest BCUT2D eigenvalue weighted by Gasteiger charge is -2.55. The van der Waals surface area contributed by atoms with E-state index in [9.17, 15) is 9.00 Å². The van der Waals surface area contributed by atoms with Crippen LogP contribution < -0.4 is 15.8 Å². The molecule has 0 aliphatic carbocycles. The molecule has 1 fully saturated rings. The zero-order valence-electron chi connectivity index (χ0n) is 19.5. The largest absolute Gasteiger partial charge is 0.386 e. The van der Waals surface area contributed by atoms with Crippen molar-refractivity contribution < 1.29 is 13.4 Å². The van der Waals surface area contributed by atoms with Gasteiger partial charge in [0.1, 0.15) is 40.5 Å². The Morgan fingerprint density at radius 1 is 1.38 bits per heavy atom. The quantitative estimate of drug-likeness (QED) is 0.490. The highest BCUT2D eigenvalue weighted by atomic mass is 32.3. The number of anilines is 1. The van der Waals surface area contributed by atoms with Gasteiger partial charge in [0.05, 0.1) is 15.6 Å². The lowest BCUT2D eigenvalue weighted by Crippen LogP contribution is -2.69. The van der Waals surface area contributed by atoms with E-state index in [2.05, 4.69) is 25.0 Å². The van der Waals surface area contributed by atoms with E-state index in [-0.39, 0.29) is 23.0 Å². The van der Waals surface area contributed by atoms with Crippen LogP contribution in [0.15, 0.2) is 29.4 Å². The van der Waals surface area contributed by atoms with Crippen molar-refractivity contribution in [3.63, 3.8) is 0 Å². The van der Waals surface area contributed by atoms with E-state index in [1.165, 1.54) is 18.3 Å². The van der Waals surface area contributed by atoms with Gasteiger partial charge in [0.2, 0.25) is 0 Å². The Labute approximate surface area is 198 Å². The SMILES string of the molecule is Cc1cc(C#N)cnc1C(=O)Nc1ccc(F)c([C@@]2(C)N=C(N)C(C)(C)[SH]3(=O)NCCC[C@H]23)n1. The highest BCUT2D eigenvalue weighted by Gasteiger charge is 2.57. The number of amides is 1. The number of amidine groups is 1. The van der Waals surface area contributed by atoms with Crippen molar-refractivity contribution in [2.24, 2.45) is 10.7 Å². The summed E-state index contributed by atoms with van der Waals surface area (Å²) in [7, 11) is -3.12. The fourth-order valence-electron chi connectivity index (χ4n) is 4.81. The predicted molar refractivity (Wildman–Crippen MR) is 129 cm³/mol. The zero-order chi connectivity index (χ0) is 24.9.